The van der Waals surface area contributed by atoms with Crippen LogP contribution in [0.4, 0.5) is 0 Å². The quantitative estimate of drug-likeness (QED) is 0.524. The van der Waals surface area contributed by atoms with Crippen LogP contribution in [-0.4, -0.2) is 6.04 Å². The summed E-state index contributed by atoms with van der Waals surface area (Å²) in [6.45, 7) is 4.59. The molecular weight excluding hydrogens is 184 g/mol. The molecule has 0 aliphatic heterocycles. The molecular formula is C13H28N2. The molecule has 0 saturated heterocycles. The molecule has 0 aromatic carbocycles. The first-order chi connectivity index (χ1) is 7.24. The highest BCUT2D eigenvalue weighted by Crippen LogP contribution is 2.28. The minimum absolute atomic E-state index is 0.573. The average molecular weight is 212 g/mol. The van der Waals surface area contributed by atoms with Crippen molar-refractivity contribution in [3.8, 4) is 0 Å². The zero-order valence-electron chi connectivity index (χ0n) is 10.5. The molecule has 2 nitrogen and oxygen atoms in total. The second-order valence-corrected chi connectivity index (χ2v) is 5.50. The third-order valence-electron chi connectivity index (χ3n) is 3.73. The number of hydrogen-bond acceptors (Lipinski definition) is 2. The SMILES string of the molecule is CC(C)CCCC(NN)C1CCCCC1. The first kappa shape index (κ1) is 13.0. The number of hydrogen-bond donors (Lipinski definition) is 2. The van der Waals surface area contributed by atoms with Crippen LogP contribution in [0, 0.1) is 11.8 Å². The molecule has 1 aliphatic carbocycles. The van der Waals surface area contributed by atoms with Gasteiger partial charge in [-0.2, -0.15) is 0 Å². The van der Waals surface area contributed by atoms with Crippen LogP contribution in [0.15, 0.2) is 0 Å². The van der Waals surface area contributed by atoms with Crippen LogP contribution >= 0.6 is 0 Å². The topological polar surface area (TPSA) is 38.0 Å². The molecule has 0 radical (unpaired) electrons. The first-order valence-corrected chi connectivity index (χ1v) is 6.70. The number of hydrazine groups is 1. The summed E-state index contributed by atoms with van der Waals surface area (Å²) in [5.74, 6) is 7.34. The largest absolute Gasteiger partial charge is 0.271 e. The molecule has 1 atom stereocenters. The number of rotatable bonds is 6. The molecule has 0 aromatic rings. The van der Waals surface area contributed by atoms with Gasteiger partial charge in [-0.25, -0.2) is 0 Å². The lowest BCUT2D eigenvalue weighted by Gasteiger charge is -2.29. The van der Waals surface area contributed by atoms with Crippen molar-refractivity contribution in [2.24, 2.45) is 17.7 Å². The maximum atomic E-state index is 5.67. The van der Waals surface area contributed by atoms with E-state index in [1.165, 1.54) is 51.4 Å². The van der Waals surface area contributed by atoms with E-state index in [9.17, 15) is 0 Å². The summed E-state index contributed by atoms with van der Waals surface area (Å²) in [5.41, 5.74) is 3.05. The lowest BCUT2D eigenvalue weighted by Crippen LogP contribution is -2.41. The van der Waals surface area contributed by atoms with Crippen LogP contribution < -0.4 is 11.3 Å². The molecule has 2 heteroatoms. The van der Waals surface area contributed by atoms with E-state index in [0.717, 1.165) is 11.8 Å². The van der Waals surface area contributed by atoms with Crippen LogP contribution in [0.3, 0.4) is 0 Å². The summed E-state index contributed by atoms with van der Waals surface area (Å²) in [4.78, 5) is 0. The molecule has 3 N–H and O–H groups in total. The fraction of sp³-hybridized carbons (Fsp3) is 1.00. The van der Waals surface area contributed by atoms with E-state index in [0.29, 0.717) is 6.04 Å². The Bertz CT molecular complexity index is 151. The van der Waals surface area contributed by atoms with Gasteiger partial charge < -0.3 is 0 Å². The van der Waals surface area contributed by atoms with Crippen molar-refractivity contribution >= 4 is 0 Å². The second-order valence-electron chi connectivity index (χ2n) is 5.50. The van der Waals surface area contributed by atoms with Gasteiger partial charge in [0.2, 0.25) is 0 Å². The van der Waals surface area contributed by atoms with Gasteiger partial charge in [0, 0.05) is 6.04 Å². The van der Waals surface area contributed by atoms with Gasteiger partial charge in [0.25, 0.3) is 0 Å². The van der Waals surface area contributed by atoms with Crippen molar-refractivity contribution in [3.05, 3.63) is 0 Å². The lowest BCUT2D eigenvalue weighted by molar-refractivity contribution is 0.253. The third kappa shape index (κ3) is 4.98. The van der Waals surface area contributed by atoms with E-state index >= 15 is 0 Å². The highest BCUT2D eigenvalue weighted by Gasteiger charge is 2.22. The Morgan fingerprint density at radius 1 is 1.13 bits per heavy atom. The number of nitrogens with one attached hydrogen (secondary N) is 1. The first-order valence-electron chi connectivity index (χ1n) is 6.70. The van der Waals surface area contributed by atoms with Gasteiger partial charge in [-0.3, -0.25) is 11.3 Å². The van der Waals surface area contributed by atoms with Crippen LogP contribution in [-0.2, 0) is 0 Å². The van der Waals surface area contributed by atoms with Crippen molar-refractivity contribution in [2.45, 2.75) is 71.3 Å². The Kier molecular flexibility index (Phi) is 6.26. The average Bonchev–Trinajstić information content (AvgIpc) is 2.25. The Balaban J connectivity index is 2.21. The van der Waals surface area contributed by atoms with Crippen LogP contribution in [0.25, 0.3) is 0 Å². The van der Waals surface area contributed by atoms with Crippen LogP contribution in [0.5, 0.6) is 0 Å². The predicted octanol–water partition coefficient (Wildman–Crippen LogP) is 3.22. The zero-order chi connectivity index (χ0) is 11.1. The molecule has 1 rings (SSSR count). The van der Waals surface area contributed by atoms with Crippen molar-refractivity contribution in [2.75, 3.05) is 0 Å². The van der Waals surface area contributed by atoms with Crippen molar-refractivity contribution < 1.29 is 0 Å². The fourth-order valence-corrected chi connectivity index (χ4v) is 2.74. The monoisotopic (exact) mass is 212 g/mol. The van der Waals surface area contributed by atoms with Gasteiger partial charge in [0.15, 0.2) is 0 Å². The predicted molar refractivity (Wildman–Crippen MR) is 66.4 cm³/mol. The van der Waals surface area contributed by atoms with E-state index in [1.54, 1.807) is 0 Å². The summed E-state index contributed by atoms with van der Waals surface area (Å²) in [6, 6.07) is 0.573. The zero-order valence-corrected chi connectivity index (χ0v) is 10.5. The van der Waals surface area contributed by atoms with E-state index in [4.69, 9.17) is 5.84 Å². The third-order valence-corrected chi connectivity index (χ3v) is 3.73. The van der Waals surface area contributed by atoms with E-state index in [2.05, 4.69) is 19.3 Å². The van der Waals surface area contributed by atoms with Crippen molar-refractivity contribution in [3.63, 3.8) is 0 Å². The van der Waals surface area contributed by atoms with Crippen LogP contribution in [0.2, 0.25) is 0 Å². The fourth-order valence-electron chi connectivity index (χ4n) is 2.74. The highest BCUT2D eigenvalue weighted by molar-refractivity contribution is 4.77. The van der Waals surface area contributed by atoms with Gasteiger partial charge in [0.05, 0.1) is 0 Å². The maximum Gasteiger partial charge on any atom is 0.0238 e. The molecule has 0 aromatic heterocycles. The Morgan fingerprint density at radius 2 is 1.80 bits per heavy atom. The summed E-state index contributed by atoms with van der Waals surface area (Å²) in [5, 5.41) is 0. The highest BCUT2D eigenvalue weighted by atomic mass is 15.2. The molecule has 1 saturated carbocycles. The Morgan fingerprint density at radius 3 is 2.33 bits per heavy atom. The van der Waals surface area contributed by atoms with Gasteiger partial charge in [0.1, 0.15) is 0 Å². The normalized spacial score (nSPS) is 20.8. The second kappa shape index (κ2) is 7.24. The molecule has 90 valence electrons. The van der Waals surface area contributed by atoms with Crippen LogP contribution in [0.1, 0.15) is 65.2 Å². The standard InChI is InChI=1S/C13H28N2/c1-11(2)7-6-10-13(15-14)12-8-4-3-5-9-12/h11-13,15H,3-10,14H2,1-2H3. The summed E-state index contributed by atoms with van der Waals surface area (Å²) in [6.07, 6.45) is 10.9. The Hall–Kier alpha value is -0.0800. The molecule has 1 fully saturated rings. The van der Waals surface area contributed by atoms with E-state index < -0.39 is 0 Å². The smallest absolute Gasteiger partial charge is 0.0238 e. The van der Waals surface area contributed by atoms with E-state index in [1.807, 2.05) is 0 Å². The molecule has 0 spiro atoms. The minimum atomic E-state index is 0.573. The molecule has 1 aliphatic rings. The lowest BCUT2D eigenvalue weighted by atomic mass is 9.82. The number of nitrogens with two attached hydrogens (primary N) is 1. The molecule has 0 bridgehead atoms. The Labute approximate surface area is 95.0 Å². The van der Waals surface area contributed by atoms with Crippen molar-refractivity contribution in [1.29, 1.82) is 0 Å². The van der Waals surface area contributed by atoms with Gasteiger partial charge in [-0.1, -0.05) is 46.0 Å². The summed E-state index contributed by atoms with van der Waals surface area (Å²) < 4.78 is 0. The summed E-state index contributed by atoms with van der Waals surface area (Å²) in [7, 11) is 0. The minimum Gasteiger partial charge on any atom is -0.271 e. The maximum absolute atomic E-state index is 5.67. The van der Waals surface area contributed by atoms with Gasteiger partial charge in [-0.05, 0) is 31.1 Å². The molecule has 0 amide bonds. The molecule has 1 unspecified atom stereocenters. The van der Waals surface area contributed by atoms with E-state index in [-0.39, 0.29) is 0 Å². The molecule has 15 heavy (non-hydrogen) atoms. The van der Waals surface area contributed by atoms with Gasteiger partial charge in [-0.15, -0.1) is 0 Å². The van der Waals surface area contributed by atoms with Gasteiger partial charge >= 0.3 is 0 Å². The molecule has 0 heterocycles. The van der Waals surface area contributed by atoms with Crippen molar-refractivity contribution in [1.82, 2.24) is 5.43 Å². The summed E-state index contributed by atoms with van der Waals surface area (Å²) >= 11 is 0.